The van der Waals surface area contributed by atoms with Crippen LogP contribution in [-0.4, -0.2) is 42.8 Å². The van der Waals surface area contributed by atoms with Crippen molar-refractivity contribution in [2.45, 2.75) is 52.7 Å². The van der Waals surface area contributed by atoms with Crippen LogP contribution in [0, 0.1) is 12.3 Å². The predicted octanol–water partition coefficient (Wildman–Crippen LogP) is 1.94. The van der Waals surface area contributed by atoms with E-state index in [1.807, 2.05) is 31.2 Å². The molecular weight excluding hydrogens is 306 g/mol. The Balaban J connectivity index is 2.45. The van der Waals surface area contributed by atoms with Crippen molar-refractivity contribution in [2.24, 2.45) is 5.41 Å². The minimum atomic E-state index is -1.01. The minimum absolute atomic E-state index is 0.00995. The smallest absolute Gasteiger partial charge is 0.161 e. The summed E-state index contributed by atoms with van der Waals surface area (Å²) in [5.41, 5.74) is 1.88. The summed E-state index contributed by atoms with van der Waals surface area (Å²) in [7, 11) is 0. The molecule has 0 aliphatic carbocycles. The van der Waals surface area contributed by atoms with Gasteiger partial charge in [0.1, 0.15) is 6.10 Å². The van der Waals surface area contributed by atoms with Crippen LogP contribution in [0.25, 0.3) is 5.69 Å². The largest absolute Gasteiger partial charge is 0.394 e. The molecule has 1 aromatic carbocycles. The first-order valence-corrected chi connectivity index (χ1v) is 8.20. The van der Waals surface area contributed by atoms with E-state index >= 15 is 0 Å². The van der Waals surface area contributed by atoms with Crippen molar-refractivity contribution in [1.82, 2.24) is 14.8 Å². The van der Waals surface area contributed by atoms with E-state index in [4.69, 9.17) is 5.11 Å². The van der Waals surface area contributed by atoms with Crippen molar-refractivity contribution in [2.75, 3.05) is 6.61 Å². The second-order valence-corrected chi connectivity index (χ2v) is 7.41. The van der Waals surface area contributed by atoms with E-state index in [0.717, 1.165) is 11.3 Å². The number of para-hydroxylation sites is 1. The first kappa shape index (κ1) is 18.6. The van der Waals surface area contributed by atoms with Crippen LogP contribution in [0.1, 0.15) is 50.5 Å². The Morgan fingerprint density at radius 3 is 2.42 bits per heavy atom. The lowest BCUT2D eigenvalue weighted by molar-refractivity contribution is 0.0375. The van der Waals surface area contributed by atoms with Crippen LogP contribution in [-0.2, 0) is 6.42 Å². The fraction of sp³-hybridized carbons (Fsp3) is 0.556. The molecule has 0 spiro atoms. The zero-order valence-electron chi connectivity index (χ0n) is 14.8. The second kappa shape index (κ2) is 7.42. The van der Waals surface area contributed by atoms with Gasteiger partial charge in [-0.2, -0.15) is 5.10 Å². The third-order valence-electron chi connectivity index (χ3n) is 3.71. The Hall–Kier alpha value is -1.76. The van der Waals surface area contributed by atoms with Gasteiger partial charge in [0.15, 0.2) is 11.6 Å². The number of aliphatic hydroxyl groups excluding tert-OH is 3. The number of nitrogens with zero attached hydrogens (tertiary/aromatic N) is 3. The quantitative estimate of drug-likeness (QED) is 0.751. The predicted molar refractivity (Wildman–Crippen MR) is 91.9 cm³/mol. The highest BCUT2D eigenvalue weighted by Crippen LogP contribution is 2.25. The van der Waals surface area contributed by atoms with Gasteiger partial charge in [0, 0.05) is 12.8 Å². The van der Waals surface area contributed by atoms with Gasteiger partial charge in [-0.3, -0.25) is 0 Å². The molecular formula is C18H27N3O3. The molecule has 2 rings (SSSR count). The number of benzene rings is 1. The number of aromatic nitrogens is 3. The number of aryl methyl sites for hydroxylation is 1. The summed E-state index contributed by atoms with van der Waals surface area (Å²) in [6, 6.07) is 7.74. The van der Waals surface area contributed by atoms with Crippen molar-refractivity contribution in [3.05, 3.63) is 41.5 Å². The monoisotopic (exact) mass is 333 g/mol. The SMILES string of the molecule is Cc1ccccc1-n1nc(CC(C)(C)C)nc1C(O)CC(O)CO. The van der Waals surface area contributed by atoms with Crippen molar-refractivity contribution in [1.29, 1.82) is 0 Å². The lowest BCUT2D eigenvalue weighted by atomic mass is 9.92. The molecule has 6 nitrogen and oxygen atoms in total. The number of hydrogen-bond acceptors (Lipinski definition) is 5. The molecule has 132 valence electrons. The van der Waals surface area contributed by atoms with Crippen LogP contribution in [0.4, 0.5) is 0 Å². The van der Waals surface area contributed by atoms with Crippen LogP contribution in [0.15, 0.2) is 24.3 Å². The molecule has 0 amide bonds. The average Bonchev–Trinajstić information content (AvgIpc) is 2.89. The van der Waals surface area contributed by atoms with Crippen molar-refractivity contribution in [3.8, 4) is 5.69 Å². The molecule has 0 radical (unpaired) electrons. The van der Waals surface area contributed by atoms with Crippen LogP contribution in [0.3, 0.4) is 0 Å². The molecule has 0 bridgehead atoms. The van der Waals surface area contributed by atoms with E-state index in [-0.39, 0.29) is 11.8 Å². The zero-order valence-corrected chi connectivity index (χ0v) is 14.8. The molecule has 0 aliphatic rings. The second-order valence-electron chi connectivity index (χ2n) is 7.41. The highest BCUT2D eigenvalue weighted by Gasteiger charge is 2.24. The molecule has 2 unspecified atom stereocenters. The Kier molecular flexibility index (Phi) is 5.74. The zero-order chi connectivity index (χ0) is 17.9. The van der Waals surface area contributed by atoms with Gasteiger partial charge in [-0.05, 0) is 24.0 Å². The standard InChI is InChI=1S/C18H27N3O3/c1-12-7-5-6-8-14(12)21-17(15(24)9-13(23)11-22)19-16(20-21)10-18(2,3)4/h5-8,13,15,22-24H,9-11H2,1-4H3. The summed E-state index contributed by atoms with van der Waals surface area (Å²) >= 11 is 0. The topological polar surface area (TPSA) is 91.4 Å². The van der Waals surface area contributed by atoms with E-state index in [9.17, 15) is 10.2 Å². The molecule has 3 N–H and O–H groups in total. The first-order valence-electron chi connectivity index (χ1n) is 8.20. The summed E-state index contributed by atoms with van der Waals surface area (Å²) in [4.78, 5) is 4.51. The maximum atomic E-state index is 10.5. The van der Waals surface area contributed by atoms with E-state index in [0.29, 0.717) is 18.1 Å². The molecule has 0 fully saturated rings. The highest BCUT2D eigenvalue weighted by atomic mass is 16.3. The summed E-state index contributed by atoms with van der Waals surface area (Å²) in [6.45, 7) is 7.89. The van der Waals surface area contributed by atoms with Crippen LogP contribution in [0.5, 0.6) is 0 Å². The van der Waals surface area contributed by atoms with Crippen LogP contribution >= 0.6 is 0 Å². The molecule has 1 heterocycles. The summed E-state index contributed by atoms with van der Waals surface area (Å²) in [5, 5.41) is 33.7. The third kappa shape index (κ3) is 4.63. The van der Waals surface area contributed by atoms with E-state index in [1.165, 1.54) is 0 Å². The third-order valence-corrected chi connectivity index (χ3v) is 3.71. The van der Waals surface area contributed by atoms with Gasteiger partial charge in [-0.1, -0.05) is 39.0 Å². The van der Waals surface area contributed by atoms with Gasteiger partial charge in [-0.25, -0.2) is 9.67 Å². The van der Waals surface area contributed by atoms with E-state index in [1.54, 1.807) is 4.68 Å². The number of hydrogen-bond donors (Lipinski definition) is 3. The summed E-state index contributed by atoms with van der Waals surface area (Å²) in [6.07, 6.45) is -1.31. The maximum Gasteiger partial charge on any atom is 0.161 e. The fourth-order valence-electron chi connectivity index (χ4n) is 2.55. The van der Waals surface area contributed by atoms with Gasteiger partial charge >= 0.3 is 0 Å². The fourth-order valence-corrected chi connectivity index (χ4v) is 2.55. The van der Waals surface area contributed by atoms with Gasteiger partial charge in [0.05, 0.1) is 18.4 Å². The van der Waals surface area contributed by atoms with Gasteiger partial charge in [0.25, 0.3) is 0 Å². The highest BCUT2D eigenvalue weighted by molar-refractivity contribution is 5.40. The summed E-state index contributed by atoms with van der Waals surface area (Å²) < 4.78 is 1.64. The number of rotatable bonds is 6. The van der Waals surface area contributed by atoms with Gasteiger partial charge < -0.3 is 15.3 Å². The lowest BCUT2D eigenvalue weighted by Crippen LogP contribution is -2.19. The summed E-state index contributed by atoms with van der Waals surface area (Å²) in [5.74, 6) is 1.04. The van der Waals surface area contributed by atoms with Crippen molar-refractivity contribution in [3.63, 3.8) is 0 Å². The van der Waals surface area contributed by atoms with Gasteiger partial charge in [-0.15, -0.1) is 0 Å². The lowest BCUT2D eigenvalue weighted by Gasteiger charge is -2.15. The number of aliphatic hydroxyl groups is 3. The molecule has 0 aliphatic heterocycles. The molecule has 6 heteroatoms. The molecule has 0 saturated heterocycles. The van der Waals surface area contributed by atoms with E-state index < -0.39 is 18.8 Å². The normalized spacial score (nSPS) is 14.6. The Morgan fingerprint density at radius 1 is 1.17 bits per heavy atom. The first-order chi connectivity index (χ1) is 11.2. The molecule has 24 heavy (non-hydrogen) atoms. The maximum absolute atomic E-state index is 10.5. The van der Waals surface area contributed by atoms with Crippen LogP contribution < -0.4 is 0 Å². The molecule has 2 aromatic rings. The van der Waals surface area contributed by atoms with Gasteiger partial charge in [0.2, 0.25) is 0 Å². The molecule has 0 saturated carbocycles. The van der Waals surface area contributed by atoms with Crippen molar-refractivity contribution >= 4 is 0 Å². The Labute approximate surface area is 142 Å². The Morgan fingerprint density at radius 2 is 1.83 bits per heavy atom. The minimum Gasteiger partial charge on any atom is -0.394 e. The van der Waals surface area contributed by atoms with Crippen molar-refractivity contribution < 1.29 is 15.3 Å². The average molecular weight is 333 g/mol. The Bertz CT molecular complexity index is 676. The van der Waals surface area contributed by atoms with Crippen LogP contribution in [0.2, 0.25) is 0 Å². The van der Waals surface area contributed by atoms with E-state index in [2.05, 4.69) is 30.9 Å². The molecule has 1 aromatic heterocycles. The molecule has 2 atom stereocenters.